The Morgan fingerprint density at radius 1 is 1.29 bits per heavy atom. The third-order valence-electron chi connectivity index (χ3n) is 3.66. The van der Waals surface area contributed by atoms with Gasteiger partial charge in [-0.2, -0.15) is 0 Å². The molecule has 0 aromatic heterocycles. The molecule has 1 unspecified atom stereocenters. The molecule has 0 spiro atoms. The van der Waals surface area contributed by atoms with Crippen LogP contribution in [0.2, 0.25) is 0 Å². The highest BCUT2D eigenvalue weighted by atomic mass is 16.5. The van der Waals surface area contributed by atoms with Crippen LogP contribution in [0.15, 0.2) is 0 Å². The average Bonchev–Trinajstić information content (AvgIpc) is 2.81. The molecule has 5 nitrogen and oxygen atoms in total. The molecule has 2 N–H and O–H groups in total. The summed E-state index contributed by atoms with van der Waals surface area (Å²) < 4.78 is 5.25. The number of carbonyl (C=O) groups excluding carboxylic acids is 1. The number of piperazine rings is 1. The normalized spacial score (nSPS) is 25.0. The maximum absolute atomic E-state index is 11.9. The number of nitrogens with two attached hydrogens (primary N) is 1. The molecule has 0 saturated carbocycles. The molecule has 2 heterocycles. The van der Waals surface area contributed by atoms with Gasteiger partial charge in [0.05, 0.1) is 19.6 Å². The molecule has 98 valence electrons. The zero-order valence-corrected chi connectivity index (χ0v) is 10.4. The summed E-state index contributed by atoms with van der Waals surface area (Å²) >= 11 is 0. The molecule has 5 heteroatoms. The lowest BCUT2D eigenvalue weighted by Crippen LogP contribution is -2.52. The molecular weight excluding hydrogens is 218 g/mol. The standard InChI is InChI=1S/C12H23N3O2/c13-4-9-17-8-3-12(16)15-7-6-14-5-1-2-11(14)10-15/h11H,1-10,13H2. The topological polar surface area (TPSA) is 58.8 Å². The van der Waals surface area contributed by atoms with Crippen LogP contribution in [0, 0.1) is 0 Å². The summed E-state index contributed by atoms with van der Waals surface area (Å²) in [7, 11) is 0. The van der Waals surface area contributed by atoms with Crippen LogP contribution in [0.3, 0.4) is 0 Å². The van der Waals surface area contributed by atoms with Crippen LogP contribution in [0.5, 0.6) is 0 Å². The molecule has 2 saturated heterocycles. The SMILES string of the molecule is NCCOCCC(=O)N1CCN2CCCC2C1. The van der Waals surface area contributed by atoms with Crippen LogP contribution in [0.4, 0.5) is 0 Å². The summed E-state index contributed by atoms with van der Waals surface area (Å²) in [6, 6.07) is 0.609. The second-order valence-corrected chi connectivity index (χ2v) is 4.82. The lowest BCUT2D eigenvalue weighted by Gasteiger charge is -2.37. The Hall–Kier alpha value is -0.650. The van der Waals surface area contributed by atoms with E-state index in [1.807, 2.05) is 4.90 Å². The molecule has 2 fully saturated rings. The van der Waals surface area contributed by atoms with Crippen LogP contribution in [-0.4, -0.2) is 67.7 Å². The van der Waals surface area contributed by atoms with E-state index < -0.39 is 0 Å². The Bertz CT molecular complexity index is 260. The van der Waals surface area contributed by atoms with Crippen LogP contribution >= 0.6 is 0 Å². The van der Waals surface area contributed by atoms with E-state index in [4.69, 9.17) is 10.5 Å². The van der Waals surface area contributed by atoms with Crippen LogP contribution < -0.4 is 5.73 Å². The first-order chi connectivity index (χ1) is 8.31. The van der Waals surface area contributed by atoms with Crippen LogP contribution in [0.25, 0.3) is 0 Å². The Balaban J connectivity index is 1.69. The summed E-state index contributed by atoms with van der Waals surface area (Å²) in [6.45, 7) is 5.62. The first-order valence-corrected chi connectivity index (χ1v) is 6.61. The molecule has 0 radical (unpaired) electrons. The van der Waals surface area contributed by atoms with E-state index in [1.165, 1.54) is 19.4 Å². The highest BCUT2D eigenvalue weighted by molar-refractivity contribution is 5.76. The molecule has 2 aliphatic rings. The van der Waals surface area contributed by atoms with Gasteiger partial charge in [-0.25, -0.2) is 0 Å². The first-order valence-electron chi connectivity index (χ1n) is 6.61. The fraction of sp³-hybridized carbons (Fsp3) is 0.917. The van der Waals surface area contributed by atoms with Gasteiger partial charge in [0.1, 0.15) is 0 Å². The molecule has 2 rings (SSSR count). The highest BCUT2D eigenvalue weighted by Crippen LogP contribution is 2.21. The number of hydrogen-bond acceptors (Lipinski definition) is 4. The summed E-state index contributed by atoms with van der Waals surface area (Å²) in [5, 5.41) is 0. The number of ether oxygens (including phenoxy) is 1. The maximum atomic E-state index is 11.9. The zero-order chi connectivity index (χ0) is 12.1. The largest absolute Gasteiger partial charge is 0.380 e. The van der Waals surface area contributed by atoms with Crippen molar-refractivity contribution in [2.24, 2.45) is 5.73 Å². The van der Waals surface area contributed by atoms with Gasteiger partial charge in [0.25, 0.3) is 0 Å². The number of hydrogen-bond donors (Lipinski definition) is 1. The third kappa shape index (κ3) is 3.40. The van der Waals surface area contributed by atoms with Crippen LogP contribution in [0.1, 0.15) is 19.3 Å². The monoisotopic (exact) mass is 241 g/mol. The predicted molar refractivity (Wildman–Crippen MR) is 65.7 cm³/mol. The number of carbonyl (C=O) groups is 1. The van der Waals surface area contributed by atoms with Gasteiger partial charge >= 0.3 is 0 Å². The van der Waals surface area contributed by atoms with E-state index in [9.17, 15) is 4.79 Å². The van der Waals surface area contributed by atoms with Crippen molar-refractivity contribution in [3.8, 4) is 0 Å². The van der Waals surface area contributed by atoms with Crippen molar-refractivity contribution in [2.75, 3.05) is 45.9 Å². The van der Waals surface area contributed by atoms with Crippen molar-refractivity contribution < 1.29 is 9.53 Å². The second kappa shape index (κ2) is 6.33. The molecule has 0 aromatic carbocycles. The van der Waals surface area contributed by atoms with Gasteiger partial charge in [-0.05, 0) is 19.4 Å². The van der Waals surface area contributed by atoms with Gasteiger partial charge in [0.2, 0.25) is 5.91 Å². The molecule has 1 amide bonds. The lowest BCUT2D eigenvalue weighted by atomic mass is 10.1. The van der Waals surface area contributed by atoms with Gasteiger partial charge in [0, 0.05) is 32.2 Å². The summed E-state index contributed by atoms with van der Waals surface area (Å²) in [4.78, 5) is 16.5. The summed E-state index contributed by atoms with van der Waals surface area (Å²) in [6.07, 6.45) is 3.02. The van der Waals surface area contributed by atoms with Gasteiger partial charge in [-0.1, -0.05) is 0 Å². The van der Waals surface area contributed by atoms with E-state index >= 15 is 0 Å². The molecular formula is C12H23N3O2. The lowest BCUT2D eigenvalue weighted by molar-refractivity contribution is -0.134. The maximum Gasteiger partial charge on any atom is 0.224 e. The minimum atomic E-state index is 0.230. The Morgan fingerprint density at radius 3 is 3.00 bits per heavy atom. The van der Waals surface area contributed by atoms with E-state index in [1.54, 1.807) is 0 Å². The number of rotatable bonds is 5. The molecule has 1 atom stereocenters. The molecule has 17 heavy (non-hydrogen) atoms. The van der Waals surface area contributed by atoms with Crippen molar-refractivity contribution >= 4 is 5.91 Å². The zero-order valence-electron chi connectivity index (χ0n) is 10.4. The van der Waals surface area contributed by atoms with E-state index in [0.717, 1.165) is 19.6 Å². The van der Waals surface area contributed by atoms with Crippen LogP contribution in [-0.2, 0) is 9.53 Å². The number of fused-ring (bicyclic) bond motifs is 1. The smallest absolute Gasteiger partial charge is 0.224 e. The van der Waals surface area contributed by atoms with Crippen molar-refractivity contribution in [3.63, 3.8) is 0 Å². The quantitative estimate of drug-likeness (QED) is 0.669. The fourth-order valence-corrected chi connectivity index (χ4v) is 2.72. The minimum absolute atomic E-state index is 0.230. The Morgan fingerprint density at radius 2 is 2.18 bits per heavy atom. The van der Waals surface area contributed by atoms with Gasteiger partial charge in [0.15, 0.2) is 0 Å². The summed E-state index contributed by atoms with van der Waals surface area (Å²) in [5.74, 6) is 0.230. The van der Waals surface area contributed by atoms with Crippen molar-refractivity contribution in [1.82, 2.24) is 9.80 Å². The average molecular weight is 241 g/mol. The summed E-state index contributed by atoms with van der Waals surface area (Å²) in [5.41, 5.74) is 5.32. The van der Waals surface area contributed by atoms with E-state index in [0.29, 0.717) is 32.2 Å². The molecule has 2 aliphatic heterocycles. The first kappa shape index (κ1) is 12.8. The minimum Gasteiger partial charge on any atom is -0.380 e. The molecule has 0 aliphatic carbocycles. The molecule has 0 bridgehead atoms. The van der Waals surface area contributed by atoms with Crippen molar-refractivity contribution in [2.45, 2.75) is 25.3 Å². The fourth-order valence-electron chi connectivity index (χ4n) is 2.72. The van der Waals surface area contributed by atoms with Crippen molar-refractivity contribution in [3.05, 3.63) is 0 Å². The predicted octanol–water partition coefficient (Wildman–Crippen LogP) is -0.342. The highest BCUT2D eigenvalue weighted by Gasteiger charge is 2.32. The Kier molecular flexibility index (Phi) is 4.76. The Labute approximate surface area is 103 Å². The number of amides is 1. The van der Waals surface area contributed by atoms with Gasteiger partial charge in [-0.15, -0.1) is 0 Å². The van der Waals surface area contributed by atoms with E-state index in [-0.39, 0.29) is 5.91 Å². The van der Waals surface area contributed by atoms with Crippen molar-refractivity contribution in [1.29, 1.82) is 0 Å². The number of nitrogens with zero attached hydrogens (tertiary/aromatic N) is 2. The second-order valence-electron chi connectivity index (χ2n) is 4.82. The molecule has 0 aromatic rings. The van der Waals surface area contributed by atoms with E-state index in [2.05, 4.69) is 4.90 Å². The third-order valence-corrected chi connectivity index (χ3v) is 3.66. The van der Waals surface area contributed by atoms with Gasteiger partial charge in [-0.3, -0.25) is 9.69 Å². The van der Waals surface area contributed by atoms with Gasteiger partial charge < -0.3 is 15.4 Å².